The van der Waals surface area contributed by atoms with Crippen molar-refractivity contribution in [2.75, 3.05) is 13.2 Å². The number of carbonyl (C=O) groups excluding carboxylic acids is 2. The van der Waals surface area contributed by atoms with Crippen LogP contribution in [0.3, 0.4) is 0 Å². The lowest BCUT2D eigenvalue weighted by Gasteiger charge is -2.34. The van der Waals surface area contributed by atoms with Crippen LogP contribution >= 0.6 is 0 Å². The van der Waals surface area contributed by atoms with Crippen LogP contribution in [0.15, 0.2) is 0 Å². The number of hydrogen-bond donors (Lipinski definition) is 1. The Kier molecular flexibility index (Phi) is 3.38. The number of rotatable bonds is 3. The summed E-state index contributed by atoms with van der Waals surface area (Å²) in [6.07, 6.45) is 2.66. The molecule has 1 saturated carbocycles. The lowest BCUT2D eigenvalue weighted by Crippen LogP contribution is -2.43. The zero-order valence-electron chi connectivity index (χ0n) is 9.98. The molecule has 1 heterocycles. The van der Waals surface area contributed by atoms with Gasteiger partial charge in [0.15, 0.2) is 0 Å². The molecule has 0 aromatic rings. The van der Waals surface area contributed by atoms with E-state index >= 15 is 0 Å². The molecule has 0 aromatic heterocycles. The van der Waals surface area contributed by atoms with Gasteiger partial charge in [0.2, 0.25) is 0 Å². The van der Waals surface area contributed by atoms with E-state index in [4.69, 9.17) is 9.47 Å². The van der Waals surface area contributed by atoms with Gasteiger partial charge in [-0.15, -0.1) is 0 Å². The smallest absolute Gasteiger partial charge is 0.306 e. The predicted octanol–water partition coefficient (Wildman–Crippen LogP) is 0.644. The van der Waals surface area contributed by atoms with Gasteiger partial charge < -0.3 is 14.6 Å². The molecular formula is C12H18O5. The number of hydrogen-bond acceptors (Lipinski definition) is 5. The van der Waals surface area contributed by atoms with Crippen LogP contribution in [-0.4, -0.2) is 35.9 Å². The average Bonchev–Trinajstić information content (AvgIpc) is 2.81. The molecule has 96 valence electrons. The predicted molar refractivity (Wildman–Crippen MR) is 58.0 cm³/mol. The summed E-state index contributed by atoms with van der Waals surface area (Å²) in [6.45, 7) is 1.66. The molecule has 0 aromatic carbocycles. The molecule has 3 atom stereocenters. The summed E-state index contributed by atoms with van der Waals surface area (Å²) in [4.78, 5) is 22.2. The zero-order chi connectivity index (χ0) is 12.5. The molecule has 0 amide bonds. The highest BCUT2D eigenvalue weighted by molar-refractivity contribution is 5.72. The third-order valence-corrected chi connectivity index (χ3v) is 3.98. The van der Waals surface area contributed by atoms with E-state index in [2.05, 4.69) is 0 Å². The van der Waals surface area contributed by atoms with Gasteiger partial charge in [0.05, 0.1) is 6.61 Å². The van der Waals surface area contributed by atoms with Gasteiger partial charge in [-0.1, -0.05) is 0 Å². The molecule has 1 N–H and O–H groups in total. The molecule has 2 aliphatic rings. The number of esters is 2. The van der Waals surface area contributed by atoms with Crippen LogP contribution in [0.5, 0.6) is 0 Å². The summed E-state index contributed by atoms with van der Waals surface area (Å²) < 4.78 is 10.5. The third-order valence-electron chi connectivity index (χ3n) is 3.98. The molecule has 1 aliphatic heterocycles. The summed E-state index contributed by atoms with van der Waals surface area (Å²) in [5.41, 5.74) is -0.596. The lowest BCUT2D eigenvalue weighted by molar-refractivity contribution is -0.161. The topological polar surface area (TPSA) is 72.8 Å². The van der Waals surface area contributed by atoms with Crippen LogP contribution in [0, 0.1) is 11.8 Å². The summed E-state index contributed by atoms with van der Waals surface area (Å²) in [5, 5.41) is 9.37. The Morgan fingerprint density at radius 3 is 2.76 bits per heavy atom. The molecule has 17 heavy (non-hydrogen) atoms. The fraction of sp³-hybridized carbons (Fsp3) is 0.833. The van der Waals surface area contributed by atoms with Gasteiger partial charge in [-0.05, 0) is 19.3 Å². The fourth-order valence-electron chi connectivity index (χ4n) is 3.10. The largest absolute Gasteiger partial charge is 0.465 e. The Balaban J connectivity index is 2.10. The number of ether oxygens (including phenoxy) is 2. The van der Waals surface area contributed by atoms with Crippen LogP contribution in [0.4, 0.5) is 0 Å². The van der Waals surface area contributed by atoms with E-state index in [1.165, 1.54) is 6.92 Å². The monoisotopic (exact) mass is 242 g/mol. The van der Waals surface area contributed by atoms with Gasteiger partial charge in [0, 0.05) is 31.8 Å². The normalized spacial score (nSPS) is 36.2. The van der Waals surface area contributed by atoms with Crippen LogP contribution in [0.25, 0.3) is 0 Å². The van der Waals surface area contributed by atoms with Gasteiger partial charge in [-0.3, -0.25) is 9.59 Å². The summed E-state index contributed by atoms with van der Waals surface area (Å²) in [6, 6.07) is 0. The fourth-order valence-corrected chi connectivity index (χ4v) is 3.10. The Morgan fingerprint density at radius 2 is 2.24 bits per heavy atom. The molecule has 2 fully saturated rings. The van der Waals surface area contributed by atoms with E-state index in [0.717, 1.165) is 12.8 Å². The Morgan fingerprint density at radius 1 is 1.53 bits per heavy atom. The van der Waals surface area contributed by atoms with E-state index in [0.29, 0.717) is 12.8 Å². The molecule has 1 aliphatic carbocycles. The van der Waals surface area contributed by atoms with Crippen LogP contribution in [0.1, 0.15) is 32.6 Å². The Hall–Kier alpha value is -1.10. The third kappa shape index (κ3) is 2.16. The van der Waals surface area contributed by atoms with Crippen molar-refractivity contribution in [2.45, 2.75) is 38.2 Å². The maximum atomic E-state index is 11.3. The second-order valence-electron chi connectivity index (χ2n) is 4.89. The first kappa shape index (κ1) is 12.4. The lowest BCUT2D eigenvalue weighted by atomic mass is 9.82. The van der Waals surface area contributed by atoms with Gasteiger partial charge in [0.25, 0.3) is 0 Å². The molecule has 0 unspecified atom stereocenters. The quantitative estimate of drug-likeness (QED) is 0.735. The minimum Gasteiger partial charge on any atom is -0.465 e. The maximum Gasteiger partial charge on any atom is 0.306 e. The molecule has 2 rings (SSSR count). The minimum absolute atomic E-state index is 0.0177. The molecule has 1 spiro atoms. The van der Waals surface area contributed by atoms with Crippen molar-refractivity contribution >= 4 is 11.9 Å². The average molecular weight is 242 g/mol. The van der Waals surface area contributed by atoms with Gasteiger partial charge in [0.1, 0.15) is 5.60 Å². The van der Waals surface area contributed by atoms with E-state index in [-0.39, 0.29) is 37.0 Å². The van der Waals surface area contributed by atoms with Crippen LogP contribution in [-0.2, 0) is 19.1 Å². The highest BCUT2D eigenvalue weighted by Crippen LogP contribution is 2.49. The van der Waals surface area contributed by atoms with Crippen molar-refractivity contribution in [1.82, 2.24) is 0 Å². The van der Waals surface area contributed by atoms with Crippen molar-refractivity contribution in [2.24, 2.45) is 11.8 Å². The summed E-state index contributed by atoms with van der Waals surface area (Å²) in [5.74, 6) is -0.528. The molecular weight excluding hydrogens is 224 g/mol. The molecule has 1 saturated heterocycles. The Bertz CT molecular complexity index is 327. The van der Waals surface area contributed by atoms with Gasteiger partial charge in [-0.2, -0.15) is 0 Å². The molecule has 5 heteroatoms. The summed E-state index contributed by atoms with van der Waals surface area (Å²) in [7, 11) is 0. The Labute approximate surface area is 100 Å². The van der Waals surface area contributed by atoms with E-state index in [9.17, 15) is 14.7 Å². The summed E-state index contributed by atoms with van der Waals surface area (Å²) >= 11 is 0. The maximum absolute atomic E-state index is 11.3. The van der Waals surface area contributed by atoms with Crippen LogP contribution in [0.2, 0.25) is 0 Å². The first-order valence-corrected chi connectivity index (χ1v) is 6.04. The van der Waals surface area contributed by atoms with Crippen molar-refractivity contribution in [3.05, 3.63) is 0 Å². The zero-order valence-corrected chi connectivity index (χ0v) is 9.98. The van der Waals surface area contributed by atoms with Crippen molar-refractivity contribution < 1.29 is 24.2 Å². The van der Waals surface area contributed by atoms with E-state index in [1.54, 1.807) is 0 Å². The van der Waals surface area contributed by atoms with Crippen molar-refractivity contribution in [3.63, 3.8) is 0 Å². The second-order valence-corrected chi connectivity index (χ2v) is 4.89. The van der Waals surface area contributed by atoms with Gasteiger partial charge in [-0.25, -0.2) is 0 Å². The highest BCUT2D eigenvalue weighted by Gasteiger charge is 2.56. The number of carbonyl (C=O) groups is 2. The minimum atomic E-state index is -0.596. The molecule has 0 radical (unpaired) electrons. The number of aliphatic hydroxyl groups excluding tert-OH is 1. The second kappa shape index (κ2) is 4.64. The van der Waals surface area contributed by atoms with E-state index in [1.807, 2.05) is 0 Å². The SMILES string of the molecule is CC(=O)OC[C@@H]1CC[C@H](CO)[C@]12CCC(=O)O2. The first-order chi connectivity index (χ1) is 8.08. The van der Waals surface area contributed by atoms with Gasteiger partial charge >= 0.3 is 11.9 Å². The van der Waals surface area contributed by atoms with Crippen molar-refractivity contribution in [3.8, 4) is 0 Å². The van der Waals surface area contributed by atoms with E-state index < -0.39 is 5.60 Å². The highest BCUT2D eigenvalue weighted by atomic mass is 16.6. The molecule has 5 nitrogen and oxygen atoms in total. The standard InChI is InChI=1S/C12H18O5/c1-8(14)16-7-10-3-2-9(6-13)12(10)5-4-11(15)17-12/h9-10,13H,2-7H2,1H3/t9-,10+,12-/m1/s1. The first-order valence-electron chi connectivity index (χ1n) is 6.04. The van der Waals surface area contributed by atoms with Crippen molar-refractivity contribution in [1.29, 1.82) is 0 Å². The van der Waals surface area contributed by atoms with Crippen LogP contribution < -0.4 is 0 Å². The molecule has 0 bridgehead atoms. The number of aliphatic hydroxyl groups is 1.